The Morgan fingerprint density at radius 2 is 1.71 bits per heavy atom. The third-order valence-electron chi connectivity index (χ3n) is 7.00. The Morgan fingerprint density at radius 1 is 1.05 bits per heavy atom. The van der Waals surface area contributed by atoms with E-state index in [1.807, 2.05) is 95.2 Å². The first kappa shape index (κ1) is 27.0. The maximum atomic E-state index is 14.1. The van der Waals surface area contributed by atoms with Gasteiger partial charge in [0, 0.05) is 43.6 Å². The van der Waals surface area contributed by atoms with Crippen LogP contribution < -0.4 is 19.7 Å². The zero-order valence-electron chi connectivity index (χ0n) is 23.2. The number of nitrogens with zero attached hydrogens (tertiary/aromatic N) is 2. The zero-order chi connectivity index (χ0) is 27.6. The molecule has 0 fully saturated rings. The molecule has 7 nitrogen and oxygen atoms in total. The number of anilines is 2. The summed E-state index contributed by atoms with van der Waals surface area (Å²) in [4.78, 5) is 31.9. The number of hydrogen-bond acceptors (Lipinski definition) is 5. The van der Waals surface area contributed by atoms with Crippen LogP contribution >= 0.6 is 0 Å². The van der Waals surface area contributed by atoms with Gasteiger partial charge in [0.05, 0.1) is 7.11 Å². The van der Waals surface area contributed by atoms with Gasteiger partial charge in [0.25, 0.3) is 11.8 Å². The van der Waals surface area contributed by atoms with Crippen molar-refractivity contribution in [3.05, 3.63) is 82.9 Å². The highest BCUT2D eigenvalue weighted by atomic mass is 16.5. The fourth-order valence-electron chi connectivity index (χ4n) is 4.79. The number of nitrogens with one attached hydrogen (secondary N) is 1. The molecule has 7 heteroatoms. The van der Waals surface area contributed by atoms with Crippen molar-refractivity contribution in [2.24, 2.45) is 5.92 Å². The summed E-state index contributed by atoms with van der Waals surface area (Å²) in [6, 6.07) is 18.4. The summed E-state index contributed by atoms with van der Waals surface area (Å²) in [6.45, 7) is 8.08. The predicted molar refractivity (Wildman–Crippen MR) is 151 cm³/mol. The number of hydrogen-bond donors (Lipinski definition) is 1. The molecule has 2 unspecified atom stereocenters. The van der Waals surface area contributed by atoms with Crippen molar-refractivity contribution >= 4 is 23.2 Å². The number of amides is 2. The molecule has 1 aliphatic rings. The summed E-state index contributed by atoms with van der Waals surface area (Å²) >= 11 is 0. The molecule has 4 rings (SSSR count). The van der Waals surface area contributed by atoms with Crippen LogP contribution in [0.3, 0.4) is 0 Å². The molecule has 0 saturated carbocycles. The zero-order valence-corrected chi connectivity index (χ0v) is 23.2. The number of ether oxygens (including phenoxy) is 2. The average molecular weight is 516 g/mol. The number of benzene rings is 3. The van der Waals surface area contributed by atoms with Crippen LogP contribution in [0.25, 0.3) is 0 Å². The minimum atomic E-state index is -0.903. The molecule has 0 saturated heterocycles. The standard InChI is InChI=1S/C31H37N3O4/c1-19(2)29-31(36)34(18-22-11-13-23(14-12-22)33(5)6)28(25-16-15-24(37-7)17-26(25)38-29)30(35)32-27-20(3)9-8-10-21(27)4/h8-17,19,28-29H,18H2,1-7H3,(H,32,35). The van der Waals surface area contributed by atoms with Crippen molar-refractivity contribution < 1.29 is 19.1 Å². The first-order chi connectivity index (χ1) is 18.1. The average Bonchev–Trinajstić information content (AvgIpc) is 3.00. The van der Waals surface area contributed by atoms with E-state index in [9.17, 15) is 9.59 Å². The van der Waals surface area contributed by atoms with Crippen LogP contribution in [0.4, 0.5) is 11.4 Å². The normalized spacial score (nSPS) is 16.9. The van der Waals surface area contributed by atoms with Gasteiger partial charge in [0.1, 0.15) is 17.5 Å². The fraction of sp³-hybridized carbons (Fsp3) is 0.355. The topological polar surface area (TPSA) is 71.1 Å². The van der Waals surface area contributed by atoms with Crippen molar-refractivity contribution in [3.63, 3.8) is 0 Å². The number of aryl methyl sites for hydroxylation is 2. The highest BCUT2D eigenvalue weighted by Crippen LogP contribution is 2.39. The van der Waals surface area contributed by atoms with E-state index in [-0.39, 0.29) is 24.3 Å². The van der Waals surface area contributed by atoms with E-state index in [0.29, 0.717) is 17.1 Å². The van der Waals surface area contributed by atoms with Crippen LogP contribution in [-0.2, 0) is 16.1 Å². The molecule has 1 heterocycles. The van der Waals surface area contributed by atoms with E-state index in [2.05, 4.69) is 5.32 Å². The minimum Gasteiger partial charge on any atom is -0.497 e. The van der Waals surface area contributed by atoms with Gasteiger partial charge in [-0.2, -0.15) is 0 Å². The summed E-state index contributed by atoms with van der Waals surface area (Å²) in [5.41, 5.74) is 5.26. The Morgan fingerprint density at radius 3 is 2.29 bits per heavy atom. The summed E-state index contributed by atoms with van der Waals surface area (Å²) in [7, 11) is 5.55. The summed E-state index contributed by atoms with van der Waals surface area (Å²) < 4.78 is 11.7. The Bertz CT molecular complexity index is 1300. The lowest BCUT2D eigenvalue weighted by Gasteiger charge is -2.32. The van der Waals surface area contributed by atoms with Gasteiger partial charge < -0.3 is 24.6 Å². The molecular formula is C31H37N3O4. The Hall–Kier alpha value is -4.00. The van der Waals surface area contributed by atoms with E-state index >= 15 is 0 Å². The monoisotopic (exact) mass is 515 g/mol. The molecule has 0 spiro atoms. The van der Waals surface area contributed by atoms with Gasteiger partial charge in [-0.15, -0.1) is 0 Å². The molecule has 0 aromatic heterocycles. The van der Waals surface area contributed by atoms with E-state index < -0.39 is 12.1 Å². The first-order valence-electron chi connectivity index (χ1n) is 12.9. The molecule has 1 N–H and O–H groups in total. The number of rotatable bonds is 7. The van der Waals surface area contributed by atoms with Crippen LogP contribution in [0.15, 0.2) is 60.7 Å². The molecule has 0 radical (unpaired) electrons. The second kappa shape index (κ2) is 11.2. The van der Waals surface area contributed by atoms with Gasteiger partial charge >= 0.3 is 0 Å². The molecule has 3 aromatic rings. The lowest BCUT2D eigenvalue weighted by molar-refractivity contribution is -0.146. The van der Waals surface area contributed by atoms with Crippen LogP contribution in [0, 0.1) is 19.8 Å². The highest BCUT2D eigenvalue weighted by Gasteiger charge is 2.42. The van der Waals surface area contributed by atoms with Gasteiger partial charge in [0.15, 0.2) is 6.10 Å². The van der Waals surface area contributed by atoms with Crippen molar-refractivity contribution in [1.82, 2.24) is 4.90 Å². The molecule has 38 heavy (non-hydrogen) atoms. The SMILES string of the molecule is COc1ccc2c(c1)OC(C(C)C)C(=O)N(Cc1ccc(N(C)C)cc1)C2C(=O)Nc1c(C)cccc1C. The van der Waals surface area contributed by atoms with Gasteiger partial charge in [0.2, 0.25) is 0 Å². The van der Waals surface area contributed by atoms with Crippen LogP contribution in [-0.4, -0.2) is 44.0 Å². The van der Waals surface area contributed by atoms with Crippen LogP contribution in [0.2, 0.25) is 0 Å². The van der Waals surface area contributed by atoms with Gasteiger partial charge in [-0.3, -0.25) is 9.59 Å². The van der Waals surface area contributed by atoms with Gasteiger partial charge in [-0.05, 0) is 60.7 Å². The highest BCUT2D eigenvalue weighted by molar-refractivity contribution is 6.00. The summed E-state index contributed by atoms with van der Waals surface area (Å²) in [5.74, 6) is 0.443. The van der Waals surface area contributed by atoms with Crippen LogP contribution in [0.5, 0.6) is 11.5 Å². The Kier molecular flexibility index (Phi) is 7.95. The number of carbonyl (C=O) groups excluding carboxylic acids is 2. The Labute approximate surface area is 225 Å². The Balaban J connectivity index is 1.83. The molecule has 0 bridgehead atoms. The van der Waals surface area contributed by atoms with Crippen molar-refractivity contribution in [1.29, 1.82) is 0 Å². The number of carbonyl (C=O) groups is 2. The number of fused-ring (bicyclic) bond motifs is 1. The maximum Gasteiger partial charge on any atom is 0.265 e. The first-order valence-corrected chi connectivity index (χ1v) is 12.9. The third-order valence-corrected chi connectivity index (χ3v) is 7.00. The molecule has 2 amide bonds. The smallest absolute Gasteiger partial charge is 0.265 e. The van der Waals surface area contributed by atoms with Crippen LogP contribution in [0.1, 0.15) is 42.1 Å². The van der Waals surface area contributed by atoms with E-state index in [4.69, 9.17) is 9.47 Å². The van der Waals surface area contributed by atoms with E-state index in [0.717, 1.165) is 28.1 Å². The molecule has 3 aromatic carbocycles. The van der Waals surface area contributed by atoms with Gasteiger partial charge in [-0.25, -0.2) is 0 Å². The molecule has 0 aliphatic carbocycles. The number of methoxy groups -OCH3 is 1. The second-order valence-electron chi connectivity index (χ2n) is 10.4. The van der Waals surface area contributed by atoms with Crippen molar-refractivity contribution in [3.8, 4) is 11.5 Å². The van der Waals surface area contributed by atoms with E-state index in [1.165, 1.54) is 0 Å². The van der Waals surface area contributed by atoms with Crippen molar-refractivity contribution in [2.45, 2.75) is 46.4 Å². The van der Waals surface area contributed by atoms with Gasteiger partial charge in [-0.1, -0.05) is 44.2 Å². The second-order valence-corrected chi connectivity index (χ2v) is 10.4. The largest absolute Gasteiger partial charge is 0.497 e. The predicted octanol–water partition coefficient (Wildman–Crippen LogP) is 5.50. The van der Waals surface area contributed by atoms with E-state index in [1.54, 1.807) is 24.1 Å². The lowest BCUT2D eigenvalue weighted by atomic mass is 10.00. The quantitative estimate of drug-likeness (QED) is 0.450. The molecule has 2 atom stereocenters. The minimum absolute atomic E-state index is 0.111. The van der Waals surface area contributed by atoms with Crippen molar-refractivity contribution in [2.75, 3.05) is 31.4 Å². The summed E-state index contributed by atoms with van der Waals surface area (Å²) in [5, 5.41) is 3.12. The third kappa shape index (κ3) is 5.47. The number of para-hydroxylation sites is 1. The lowest BCUT2D eigenvalue weighted by Crippen LogP contribution is -2.46. The summed E-state index contributed by atoms with van der Waals surface area (Å²) in [6.07, 6.45) is -0.750. The maximum absolute atomic E-state index is 14.1. The molecular weight excluding hydrogens is 478 g/mol. The molecule has 1 aliphatic heterocycles. The fourth-order valence-corrected chi connectivity index (χ4v) is 4.79. The molecule has 200 valence electrons.